The maximum Gasteiger partial charge on any atom is 0.403 e. The molecule has 24 heavy (non-hydrogen) atoms. The number of unbranched alkanes of at least 4 members (excludes halogenated alkanes) is 5. The zero-order chi connectivity index (χ0) is 17.0. The Morgan fingerprint density at radius 2 is 1.62 bits per heavy atom. The van der Waals surface area contributed by atoms with Crippen LogP contribution in [0.1, 0.15) is 61.5 Å². The van der Waals surface area contributed by atoms with Gasteiger partial charge in [0.05, 0.1) is 6.61 Å². The molecule has 2 rings (SSSR count). The highest BCUT2D eigenvalue weighted by atomic mass is 16.5. The van der Waals surface area contributed by atoms with E-state index in [4.69, 9.17) is 4.74 Å². The predicted octanol–water partition coefficient (Wildman–Crippen LogP) is 4.54. The molecule has 2 aromatic rings. The Bertz CT molecular complexity index is 610. The van der Waals surface area contributed by atoms with Crippen LogP contribution in [0.3, 0.4) is 0 Å². The van der Waals surface area contributed by atoms with Gasteiger partial charge in [-0.3, -0.25) is 0 Å². The van der Waals surface area contributed by atoms with E-state index in [0.717, 1.165) is 12.8 Å². The van der Waals surface area contributed by atoms with Gasteiger partial charge < -0.3 is 4.74 Å². The molecule has 1 aromatic carbocycles. The van der Waals surface area contributed by atoms with Crippen LogP contribution in [0, 0.1) is 0 Å². The third-order valence-electron chi connectivity index (χ3n) is 4.08. The number of aromatic nitrogens is 1. The van der Waals surface area contributed by atoms with Crippen molar-refractivity contribution < 1.29 is 14.1 Å². The van der Waals surface area contributed by atoms with E-state index < -0.39 is 0 Å². The van der Waals surface area contributed by atoms with E-state index in [1.165, 1.54) is 31.2 Å². The maximum absolute atomic E-state index is 12.3. The Labute approximate surface area is 145 Å². The predicted molar refractivity (Wildman–Crippen MR) is 95.8 cm³/mol. The molecule has 0 aliphatic rings. The van der Waals surface area contributed by atoms with Crippen molar-refractivity contribution in [2.75, 3.05) is 6.61 Å². The van der Waals surface area contributed by atoms with Crippen LogP contribution >= 0.6 is 0 Å². The monoisotopic (exact) mass is 326 g/mol. The number of hydrogen-bond donors (Lipinski definition) is 0. The number of esters is 1. The molecule has 0 amide bonds. The SMILES string of the molecule is CCCCCCCCOC(=O)c1cccc[n+]1Cc1ccccc1. The highest BCUT2D eigenvalue weighted by molar-refractivity contribution is 5.85. The van der Waals surface area contributed by atoms with Gasteiger partial charge in [-0.25, -0.2) is 4.79 Å². The molecule has 0 bridgehead atoms. The summed E-state index contributed by atoms with van der Waals surface area (Å²) in [6.07, 6.45) is 9.06. The van der Waals surface area contributed by atoms with Gasteiger partial charge >= 0.3 is 5.97 Å². The van der Waals surface area contributed by atoms with Gasteiger partial charge in [-0.15, -0.1) is 0 Å². The minimum atomic E-state index is -0.236. The summed E-state index contributed by atoms with van der Waals surface area (Å²) in [5, 5.41) is 0. The van der Waals surface area contributed by atoms with E-state index in [-0.39, 0.29) is 5.97 Å². The molecule has 1 heterocycles. The minimum Gasteiger partial charge on any atom is -0.458 e. The maximum atomic E-state index is 12.3. The molecule has 0 N–H and O–H groups in total. The van der Waals surface area contributed by atoms with Crippen molar-refractivity contribution in [1.82, 2.24) is 0 Å². The van der Waals surface area contributed by atoms with Crippen LogP contribution in [0.15, 0.2) is 54.7 Å². The fourth-order valence-corrected chi connectivity index (χ4v) is 2.70. The zero-order valence-corrected chi connectivity index (χ0v) is 14.6. The standard InChI is InChI=1S/C21H28NO2/c1-2-3-4-5-6-12-17-24-21(23)20-15-10-11-16-22(20)18-19-13-8-7-9-14-19/h7-11,13-16H,2-6,12,17-18H2,1H3/q+1. The first-order chi connectivity index (χ1) is 11.8. The number of nitrogens with zero attached hydrogens (tertiary/aromatic N) is 1. The van der Waals surface area contributed by atoms with Gasteiger partial charge in [0, 0.05) is 17.7 Å². The van der Waals surface area contributed by atoms with Gasteiger partial charge in [0.2, 0.25) is 0 Å². The largest absolute Gasteiger partial charge is 0.458 e. The van der Waals surface area contributed by atoms with E-state index in [9.17, 15) is 4.79 Å². The Balaban J connectivity index is 1.83. The molecule has 128 valence electrons. The van der Waals surface area contributed by atoms with Crippen molar-refractivity contribution in [1.29, 1.82) is 0 Å². The Kier molecular flexibility index (Phi) is 8.02. The Hall–Kier alpha value is -2.16. The number of benzene rings is 1. The summed E-state index contributed by atoms with van der Waals surface area (Å²) in [7, 11) is 0. The van der Waals surface area contributed by atoms with E-state index >= 15 is 0 Å². The van der Waals surface area contributed by atoms with E-state index in [1.54, 1.807) is 0 Å². The normalized spacial score (nSPS) is 10.5. The highest BCUT2D eigenvalue weighted by Crippen LogP contribution is 2.06. The second kappa shape index (κ2) is 10.6. The third-order valence-corrected chi connectivity index (χ3v) is 4.08. The van der Waals surface area contributed by atoms with E-state index in [2.05, 4.69) is 19.1 Å². The molecule has 0 radical (unpaired) electrons. The third kappa shape index (κ3) is 6.15. The lowest BCUT2D eigenvalue weighted by molar-refractivity contribution is -0.690. The van der Waals surface area contributed by atoms with Crippen LogP contribution in [0.2, 0.25) is 0 Å². The number of pyridine rings is 1. The summed E-state index contributed by atoms with van der Waals surface area (Å²) in [4.78, 5) is 12.3. The van der Waals surface area contributed by atoms with Gasteiger partial charge in [-0.1, -0.05) is 69.4 Å². The Morgan fingerprint density at radius 1 is 0.917 bits per heavy atom. The van der Waals surface area contributed by atoms with Gasteiger partial charge in [0.15, 0.2) is 12.7 Å². The number of carbonyl (C=O) groups is 1. The molecule has 0 aliphatic heterocycles. The molecule has 0 atom stereocenters. The summed E-state index contributed by atoms with van der Waals surface area (Å²) in [6.45, 7) is 3.39. The van der Waals surface area contributed by atoms with E-state index in [1.807, 2.05) is 47.2 Å². The molecule has 0 aliphatic carbocycles. The second-order valence-electron chi connectivity index (χ2n) is 6.10. The molecule has 1 aromatic heterocycles. The lowest BCUT2D eigenvalue weighted by Gasteiger charge is -2.05. The molecular formula is C21H28NO2+. The summed E-state index contributed by atoms with van der Waals surface area (Å²) >= 11 is 0. The van der Waals surface area contributed by atoms with Crippen molar-refractivity contribution in [3.63, 3.8) is 0 Å². The van der Waals surface area contributed by atoms with Crippen LogP contribution in [-0.4, -0.2) is 12.6 Å². The second-order valence-corrected chi connectivity index (χ2v) is 6.10. The average Bonchev–Trinajstić information content (AvgIpc) is 2.62. The molecule has 0 fully saturated rings. The number of carbonyl (C=O) groups excluding carboxylic acids is 1. The quantitative estimate of drug-likeness (QED) is 0.364. The molecule has 0 spiro atoms. The molecule has 0 saturated carbocycles. The highest BCUT2D eigenvalue weighted by Gasteiger charge is 2.20. The van der Waals surface area contributed by atoms with Crippen LogP contribution in [0.4, 0.5) is 0 Å². The van der Waals surface area contributed by atoms with Crippen molar-refractivity contribution >= 4 is 5.97 Å². The van der Waals surface area contributed by atoms with Crippen LogP contribution < -0.4 is 4.57 Å². The first-order valence-corrected chi connectivity index (χ1v) is 9.00. The smallest absolute Gasteiger partial charge is 0.403 e. The number of hydrogen-bond acceptors (Lipinski definition) is 2. The first kappa shape index (κ1) is 18.2. The van der Waals surface area contributed by atoms with Gasteiger partial charge in [-0.2, -0.15) is 4.57 Å². The number of rotatable bonds is 10. The average molecular weight is 326 g/mol. The van der Waals surface area contributed by atoms with Gasteiger partial charge in [-0.05, 0) is 12.5 Å². The minimum absolute atomic E-state index is 0.236. The molecular weight excluding hydrogens is 298 g/mol. The lowest BCUT2D eigenvalue weighted by Crippen LogP contribution is -2.41. The van der Waals surface area contributed by atoms with E-state index in [0.29, 0.717) is 18.8 Å². The zero-order valence-electron chi connectivity index (χ0n) is 14.6. The van der Waals surface area contributed by atoms with Crippen LogP contribution in [0.5, 0.6) is 0 Å². The fraction of sp³-hybridized carbons (Fsp3) is 0.429. The van der Waals surface area contributed by atoms with Crippen molar-refractivity contribution in [2.24, 2.45) is 0 Å². The summed E-state index contributed by atoms with van der Waals surface area (Å²) in [5.41, 5.74) is 1.77. The van der Waals surface area contributed by atoms with Crippen molar-refractivity contribution in [3.8, 4) is 0 Å². The number of ether oxygens (including phenoxy) is 1. The van der Waals surface area contributed by atoms with Gasteiger partial charge in [0.1, 0.15) is 0 Å². The molecule has 3 heteroatoms. The Morgan fingerprint density at radius 3 is 2.42 bits per heavy atom. The summed E-state index contributed by atoms with van der Waals surface area (Å²) < 4.78 is 7.40. The molecule has 0 unspecified atom stereocenters. The summed E-state index contributed by atoms with van der Waals surface area (Å²) in [5.74, 6) is -0.236. The van der Waals surface area contributed by atoms with Crippen molar-refractivity contribution in [2.45, 2.75) is 52.0 Å². The molecule has 3 nitrogen and oxygen atoms in total. The van der Waals surface area contributed by atoms with Crippen LogP contribution in [-0.2, 0) is 11.3 Å². The topological polar surface area (TPSA) is 30.2 Å². The fourth-order valence-electron chi connectivity index (χ4n) is 2.70. The van der Waals surface area contributed by atoms with Crippen LogP contribution in [0.25, 0.3) is 0 Å². The van der Waals surface area contributed by atoms with Crippen molar-refractivity contribution in [3.05, 3.63) is 66.0 Å². The van der Waals surface area contributed by atoms with Gasteiger partial charge in [0.25, 0.3) is 5.69 Å². The summed E-state index contributed by atoms with van der Waals surface area (Å²) in [6, 6.07) is 15.8. The lowest BCUT2D eigenvalue weighted by atomic mass is 10.1. The molecule has 0 saturated heterocycles. The first-order valence-electron chi connectivity index (χ1n) is 9.00.